The first-order chi connectivity index (χ1) is 11.8. The van der Waals surface area contributed by atoms with Crippen molar-refractivity contribution < 1.29 is 29.6 Å². The summed E-state index contributed by atoms with van der Waals surface area (Å²) in [6.45, 7) is 5.87. The molecule has 0 aliphatic carbocycles. The highest BCUT2D eigenvalue weighted by molar-refractivity contribution is 6.71. The maximum absolute atomic E-state index is 10.2. The quantitative estimate of drug-likeness (QED) is 0.307. The van der Waals surface area contributed by atoms with E-state index in [1.807, 2.05) is 0 Å². The Hall–Kier alpha value is -0.0231. The van der Waals surface area contributed by atoms with Crippen molar-refractivity contribution in [2.75, 3.05) is 6.61 Å². The fraction of sp³-hybridized carbons (Fsp3) is 1.00. The third kappa shape index (κ3) is 8.03. The Labute approximate surface area is 153 Å². The summed E-state index contributed by atoms with van der Waals surface area (Å²) in [5, 5.41) is 39.3. The van der Waals surface area contributed by atoms with E-state index in [9.17, 15) is 15.3 Å². The van der Waals surface area contributed by atoms with Crippen molar-refractivity contribution in [1.82, 2.24) is 0 Å². The van der Waals surface area contributed by atoms with E-state index in [1.165, 1.54) is 44.9 Å². The lowest BCUT2D eigenvalue weighted by molar-refractivity contribution is -0.282. The van der Waals surface area contributed by atoms with Crippen LogP contribution >= 0.6 is 0 Å². The molecule has 1 heterocycles. The molecule has 25 heavy (non-hydrogen) atoms. The first kappa shape index (κ1) is 23.0. The van der Waals surface area contributed by atoms with Gasteiger partial charge in [-0.05, 0) is 19.1 Å². The lowest BCUT2D eigenvalue weighted by Gasteiger charge is -2.42. The summed E-state index contributed by atoms with van der Waals surface area (Å²) >= 11 is 0. The number of ether oxygens (including phenoxy) is 1. The lowest BCUT2D eigenvalue weighted by atomic mass is 9.99. The molecular weight excluding hydrogens is 340 g/mol. The SMILES string of the molecule is CCCCCCCCCC[Si](C)(C)O[C@@H]1[C@@H](O)[C@@H](O)[C@@H](CO)O[C@@H]1O. The van der Waals surface area contributed by atoms with Gasteiger partial charge in [0.25, 0.3) is 0 Å². The van der Waals surface area contributed by atoms with Crippen molar-refractivity contribution in [1.29, 1.82) is 0 Å². The Morgan fingerprint density at radius 1 is 0.880 bits per heavy atom. The van der Waals surface area contributed by atoms with Crippen LogP contribution in [-0.2, 0) is 9.16 Å². The van der Waals surface area contributed by atoms with Crippen LogP contribution < -0.4 is 0 Å². The number of unbranched alkanes of at least 4 members (excludes halogenated alkanes) is 7. The summed E-state index contributed by atoms with van der Waals surface area (Å²) in [5.41, 5.74) is 0. The second kappa shape index (κ2) is 11.6. The second-order valence-corrected chi connectivity index (χ2v) is 12.1. The van der Waals surface area contributed by atoms with Crippen LogP contribution in [0.5, 0.6) is 0 Å². The van der Waals surface area contributed by atoms with Gasteiger partial charge in [0.2, 0.25) is 0 Å². The van der Waals surface area contributed by atoms with Crippen molar-refractivity contribution in [2.45, 2.75) is 108 Å². The normalized spacial score (nSPS) is 30.6. The Balaban J connectivity index is 2.31. The zero-order valence-electron chi connectivity index (χ0n) is 16.1. The summed E-state index contributed by atoms with van der Waals surface area (Å²) < 4.78 is 11.2. The van der Waals surface area contributed by atoms with Gasteiger partial charge < -0.3 is 29.6 Å². The molecule has 6 nitrogen and oxygen atoms in total. The molecule has 1 fully saturated rings. The van der Waals surface area contributed by atoms with Gasteiger partial charge >= 0.3 is 0 Å². The molecule has 0 aromatic carbocycles. The first-order valence-electron chi connectivity index (χ1n) is 9.80. The van der Waals surface area contributed by atoms with Crippen molar-refractivity contribution in [3.63, 3.8) is 0 Å². The van der Waals surface area contributed by atoms with E-state index in [-0.39, 0.29) is 0 Å². The molecule has 0 saturated carbocycles. The number of hydrogen-bond acceptors (Lipinski definition) is 6. The smallest absolute Gasteiger partial charge is 0.187 e. The summed E-state index contributed by atoms with van der Waals surface area (Å²) in [5.74, 6) is 0. The summed E-state index contributed by atoms with van der Waals surface area (Å²) in [6, 6.07) is 0.942. The van der Waals surface area contributed by atoms with Gasteiger partial charge in [0.1, 0.15) is 24.4 Å². The van der Waals surface area contributed by atoms with E-state index in [1.54, 1.807) is 0 Å². The topological polar surface area (TPSA) is 99.4 Å². The maximum Gasteiger partial charge on any atom is 0.187 e. The van der Waals surface area contributed by atoms with Gasteiger partial charge in [-0.2, -0.15) is 0 Å². The van der Waals surface area contributed by atoms with Crippen LogP contribution in [0.2, 0.25) is 19.1 Å². The minimum atomic E-state index is -2.09. The van der Waals surface area contributed by atoms with Crippen molar-refractivity contribution >= 4 is 8.32 Å². The van der Waals surface area contributed by atoms with E-state index < -0.39 is 45.6 Å². The summed E-state index contributed by atoms with van der Waals surface area (Å²) in [4.78, 5) is 0. The van der Waals surface area contributed by atoms with Gasteiger partial charge in [-0.3, -0.25) is 0 Å². The van der Waals surface area contributed by atoms with E-state index in [0.717, 1.165) is 12.5 Å². The maximum atomic E-state index is 10.2. The summed E-state index contributed by atoms with van der Waals surface area (Å²) in [7, 11) is -2.09. The van der Waals surface area contributed by atoms with Gasteiger partial charge in [0, 0.05) is 0 Å². The van der Waals surface area contributed by atoms with Crippen LogP contribution in [0.3, 0.4) is 0 Å². The Bertz CT molecular complexity index is 354. The molecule has 0 spiro atoms. The van der Waals surface area contributed by atoms with E-state index >= 15 is 0 Å². The molecule has 0 bridgehead atoms. The molecule has 1 rings (SSSR count). The predicted molar refractivity (Wildman–Crippen MR) is 99.8 cm³/mol. The molecular formula is C18H38O6Si. The molecule has 0 aromatic rings. The molecule has 4 N–H and O–H groups in total. The molecule has 0 aromatic heterocycles. The van der Waals surface area contributed by atoms with E-state index in [4.69, 9.17) is 14.3 Å². The number of hydrogen-bond donors (Lipinski definition) is 4. The average molecular weight is 379 g/mol. The van der Waals surface area contributed by atoms with Crippen LogP contribution in [0.15, 0.2) is 0 Å². The fourth-order valence-electron chi connectivity index (χ4n) is 3.31. The largest absolute Gasteiger partial charge is 0.407 e. The minimum Gasteiger partial charge on any atom is -0.407 e. The van der Waals surface area contributed by atoms with Gasteiger partial charge in [-0.1, -0.05) is 58.3 Å². The third-order valence-electron chi connectivity index (χ3n) is 4.93. The Morgan fingerprint density at radius 3 is 2.00 bits per heavy atom. The highest BCUT2D eigenvalue weighted by Crippen LogP contribution is 2.27. The predicted octanol–water partition coefficient (Wildman–Crippen LogP) is 2.15. The van der Waals surface area contributed by atoms with Crippen LogP contribution in [0.4, 0.5) is 0 Å². The van der Waals surface area contributed by atoms with Crippen LogP contribution in [-0.4, -0.2) is 66.1 Å². The number of aliphatic hydroxyl groups is 4. The molecule has 150 valence electrons. The monoisotopic (exact) mass is 378 g/mol. The molecule has 1 saturated heterocycles. The molecule has 0 radical (unpaired) electrons. The zero-order chi connectivity index (χ0) is 18.9. The standard InChI is InChI=1S/C18H38O6Si/c1-4-5-6-7-8-9-10-11-12-25(2,3)24-17-16(21)15(20)14(13-19)23-18(17)22/h14-22H,4-13H2,1-3H3/t14-,15+,16+,17-,18+/m1/s1. The second-order valence-electron chi connectivity index (χ2n) is 7.80. The van der Waals surface area contributed by atoms with Crippen LogP contribution in [0.1, 0.15) is 58.3 Å². The van der Waals surface area contributed by atoms with Crippen LogP contribution in [0, 0.1) is 0 Å². The highest BCUT2D eigenvalue weighted by Gasteiger charge is 2.46. The third-order valence-corrected chi connectivity index (χ3v) is 7.40. The molecule has 1 aliphatic heterocycles. The minimum absolute atomic E-state index is 0.457. The molecule has 5 atom stereocenters. The Morgan fingerprint density at radius 2 is 1.44 bits per heavy atom. The van der Waals surface area contributed by atoms with Gasteiger partial charge in [-0.25, -0.2) is 0 Å². The van der Waals surface area contributed by atoms with Crippen LogP contribution in [0.25, 0.3) is 0 Å². The van der Waals surface area contributed by atoms with Gasteiger partial charge in [0.15, 0.2) is 14.6 Å². The van der Waals surface area contributed by atoms with Crippen molar-refractivity contribution in [3.05, 3.63) is 0 Å². The molecule has 7 heteroatoms. The summed E-state index contributed by atoms with van der Waals surface area (Å²) in [6.07, 6.45) is 4.21. The van der Waals surface area contributed by atoms with E-state index in [0.29, 0.717) is 0 Å². The molecule has 0 unspecified atom stereocenters. The first-order valence-corrected chi connectivity index (χ1v) is 12.9. The lowest BCUT2D eigenvalue weighted by Crippen LogP contribution is -2.61. The number of rotatable bonds is 12. The molecule has 1 aliphatic rings. The average Bonchev–Trinajstić information content (AvgIpc) is 2.57. The van der Waals surface area contributed by atoms with E-state index in [2.05, 4.69) is 20.0 Å². The van der Waals surface area contributed by atoms with Crippen molar-refractivity contribution in [3.8, 4) is 0 Å². The number of aliphatic hydroxyl groups excluding tert-OH is 4. The van der Waals surface area contributed by atoms with Gasteiger partial charge in [0.05, 0.1) is 6.61 Å². The highest BCUT2D eigenvalue weighted by atomic mass is 28.4. The van der Waals surface area contributed by atoms with Crippen molar-refractivity contribution in [2.24, 2.45) is 0 Å². The fourth-order valence-corrected chi connectivity index (χ4v) is 5.52. The zero-order valence-corrected chi connectivity index (χ0v) is 17.1. The Kier molecular flexibility index (Phi) is 10.7. The van der Waals surface area contributed by atoms with Gasteiger partial charge in [-0.15, -0.1) is 0 Å². The molecule has 0 amide bonds.